The van der Waals surface area contributed by atoms with Crippen LogP contribution in [0, 0.1) is 5.92 Å². The number of nitrogens with zero attached hydrogens (tertiary/aromatic N) is 2. The van der Waals surface area contributed by atoms with Crippen molar-refractivity contribution >= 4 is 27.3 Å². The van der Waals surface area contributed by atoms with Gasteiger partial charge in [0.25, 0.3) is 0 Å². The summed E-state index contributed by atoms with van der Waals surface area (Å²) in [5.41, 5.74) is 1.24. The van der Waals surface area contributed by atoms with Gasteiger partial charge >= 0.3 is 146 Å². The second-order valence-electron chi connectivity index (χ2n) is 6.10. The molecule has 1 aromatic heterocycles. The quantitative estimate of drug-likeness (QED) is 0.790. The van der Waals surface area contributed by atoms with Gasteiger partial charge in [-0.15, -0.1) is 0 Å². The normalized spacial score (nSPS) is 15.3. The molecule has 0 radical (unpaired) electrons. The number of rotatable bonds is 6. The van der Waals surface area contributed by atoms with Crippen LogP contribution < -0.4 is 14.7 Å². The van der Waals surface area contributed by atoms with Crippen LogP contribution in [-0.4, -0.2) is 33.4 Å². The predicted octanol–water partition coefficient (Wildman–Crippen LogP) is 2.31. The van der Waals surface area contributed by atoms with Crippen LogP contribution in [-0.2, 0) is 6.54 Å². The van der Waals surface area contributed by atoms with Crippen molar-refractivity contribution in [1.29, 1.82) is 0 Å². The Kier molecular flexibility index (Phi) is 5.93. The van der Waals surface area contributed by atoms with Crippen molar-refractivity contribution in [3.63, 3.8) is 0 Å². The average molecular weight is 373 g/mol. The van der Waals surface area contributed by atoms with Gasteiger partial charge in [0.1, 0.15) is 0 Å². The Balaban J connectivity index is 1.57. The molecule has 122 valence electrons. The Labute approximate surface area is 146 Å². The zero-order valence-corrected chi connectivity index (χ0v) is 15.8. The molecule has 1 unspecified atom stereocenters. The second kappa shape index (κ2) is 8.35. The van der Waals surface area contributed by atoms with Crippen LogP contribution in [0.5, 0.6) is 5.88 Å². The van der Waals surface area contributed by atoms with E-state index >= 15 is 0 Å². The zero-order valence-electron chi connectivity index (χ0n) is 13.4. The molecule has 0 spiro atoms. The number of ether oxygens (including phenoxy) is 1. The van der Waals surface area contributed by atoms with E-state index in [1.54, 1.807) is 0 Å². The first-order valence-corrected chi connectivity index (χ1v) is 9.56. The molecule has 0 saturated heterocycles. The van der Waals surface area contributed by atoms with Gasteiger partial charge in [-0.1, -0.05) is 0 Å². The molecule has 1 aromatic carbocycles. The number of hydrogen-bond acceptors (Lipinski definition) is 4. The van der Waals surface area contributed by atoms with Crippen molar-refractivity contribution in [3.05, 3.63) is 42.0 Å². The van der Waals surface area contributed by atoms with Gasteiger partial charge < -0.3 is 0 Å². The van der Waals surface area contributed by atoms with E-state index < -0.39 is 0 Å². The second-order valence-corrected chi connectivity index (χ2v) is 7.19. The third-order valence-corrected chi connectivity index (χ3v) is 4.77. The van der Waals surface area contributed by atoms with E-state index in [1.165, 1.54) is 54.5 Å². The molecule has 0 bridgehead atoms. The Bertz CT molecular complexity index is 615. The number of anilines is 1. The predicted molar refractivity (Wildman–Crippen MR) is 96.0 cm³/mol. The average Bonchev–Trinajstić information content (AvgIpc) is 2.60. The fourth-order valence-electron chi connectivity index (χ4n) is 2.95. The molecule has 5 heteroatoms. The summed E-state index contributed by atoms with van der Waals surface area (Å²) in [4.78, 5) is 8.90. The van der Waals surface area contributed by atoms with Crippen molar-refractivity contribution in [3.8, 4) is 5.88 Å². The molecular weight excluding hydrogens is 349 g/mol. The van der Waals surface area contributed by atoms with E-state index in [0.717, 1.165) is 23.6 Å². The fraction of sp³-hybridized carbons (Fsp3) is 0.444. The van der Waals surface area contributed by atoms with Crippen molar-refractivity contribution in [2.45, 2.75) is 38.6 Å². The van der Waals surface area contributed by atoms with Gasteiger partial charge in [-0.2, -0.15) is 0 Å². The Morgan fingerprint density at radius 1 is 1.09 bits per heavy atom. The van der Waals surface area contributed by atoms with E-state index in [-0.39, 0.29) is 0 Å². The molecule has 1 aliphatic carbocycles. The molecule has 1 saturated carbocycles. The van der Waals surface area contributed by atoms with Crippen molar-refractivity contribution in [2.24, 2.45) is 5.92 Å². The minimum absolute atomic E-state index is 0.685. The standard InChI is InChI=1S/C18H24AsN3O/c19-18-21-16(20-12-14-7-3-1-4-8-14)11-17(22-18)23-13-15-9-5-2-6-10-15/h1,3-4,7-8,11,15H,2,5-6,9-10,12-13,19H2,(H,20,21,22). The molecule has 1 atom stereocenters. The first-order valence-electron chi connectivity index (χ1n) is 8.35. The zero-order chi connectivity index (χ0) is 15.9. The molecule has 4 nitrogen and oxygen atoms in total. The third-order valence-electron chi connectivity index (χ3n) is 4.23. The van der Waals surface area contributed by atoms with Crippen molar-refractivity contribution in [2.75, 3.05) is 11.9 Å². The molecule has 0 amide bonds. The van der Waals surface area contributed by atoms with Crippen LogP contribution in [0.2, 0.25) is 0 Å². The maximum absolute atomic E-state index is 5.94. The molecule has 1 aliphatic rings. The summed E-state index contributed by atoms with van der Waals surface area (Å²) in [5, 5.41) is 3.36. The van der Waals surface area contributed by atoms with E-state index in [2.05, 4.69) is 27.4 Å². The van der Waals surface area contributed by atoms with Crippen molar-refractivity contribution < 1.29 is 4.74 Å². The molecule has 3 rings (SSSR count). The molecule has 1 N–H and O–H groups in total. The summed E-state index contributed by atoms with van der Waals surface area (Å²) in [6.45, 7) is 1.54. The van der Waals surface area contributed by atoms with Crippen LogP contribution in [0.15, 0.2) is 36.4 Å². The van der Waals surface area contributed by atoms with Gasteiger partial charge in [-0.05, 0) is 0 Å². The molecule has 0 aliphatic heterocycles. The molecule has 2 aromatic rings. The summed E-state index contributed by atoms with van der Waals surface area (Å²) in [5.74, 6) is 2.22. The molecule has 1 heterocycles. The summed E-state index contributed by atoms with van der Waals surface area (Å²) in [6.07, 6.45) is 6.62. The third kappa shape index (κ3) is 5.24. The van der Waals surface area contributed by atoms with Crippen LogP contribution in [0.3, 0.4) is 0 Å². The first-order chi connectivity index (χ1) is 11.3. The summed E-state index contributed by atoms with van der Waals surface area (Å²) in [7, 11) is 0. The summed E-state index contributed by atoms with van der Waals surface area (Å²) < 4.78 is 6.74. The van der Waals surface area contributed by atoms with Gasteiger partial charge in [0.15, 0.2) is 0 Å². The van der Waals surface area contributed by atoms with Crippen LogP contribution in [0.1, 0.15) is 37.7 Å². The van der Waals surface area contributed by atoms with Crippen LogP contribution in [0.4, 0.5) is 5.82 Å². The van der Waals surface area contributed by atoms with E-state index in [9.17, 15) is 0 Å². The Morgan fingerprint density at radius 3 is 2.65 bits per heavy atom. The molecule has 23 heavy (non-hydrogen) atoms. The van der Waals surface area contributed by atoms with Crippen LogP contribution >= 0.6 is 0 Å². The van der Waals surface area contributed by atoms with Gasteiger partial charge in [0.2, 0.25) is 0 Å². The van der Waals surface area contributed by atoms with Crippen molar-refractivity contribution in [1.82, 2.24) is 9.97 Å². The molecule has 1 fully saturated rings. The van der Waals surface area contributed by atoms with Gasteiger partial charge in [0.05, 0.1) is 0 Å². The van der Waals surface area contributed by atoms with E-state index in [0.29, 0.717) is 11.8 Å². The molecular formula is C18H24AsN3O. The Hall–Kier alpha value is -1.54. The van der Waals surface area contributed by atoms with E-state index in [1.807, 2.05) is 24.3 Å². The van der Waals surface area contributed by atoms with Gasteiger partial charge in [-0.3, -0.25) is 0 Å². The number of benzene rings is 1. The van der Waals surface area contributed by atoms with E-state index in [4.69, 9.17) is 4.74 Å². The van der Waals surface area contributed by atoms with Crippen LogP contribution in [0.25, 0.3) is 0 Å². The van der Waals surface area contributed by atoms with Gasteiger partial charge in [0, 0.05) is 0 Å². The summed E-state index contributed by atoms with van der Waals surface area (Å²) >= 11 is 1.42. The number of nitrogens with one attached hydrogen (secondary N) is 1. The monoisotopic (exact) mass is 373 g/mol. The SMILES string of the molecule is [AsH2]c1nc(NCc2ccccc2)cc(OCC2CCCCC2)n1. The number of aromatic nitrogens is 2. The minimum atomic E-state index is 0.685. The number of hydrogen-bond donors (Lipinski definition) is 1. The fourth-order valence-corrected chi connectivity index (χ4v) is 3.51. The maximum atomic E-state index is 5.94. The first kappa shape index (κ1) is 16.3. The summed E-state index contributed by atoms with van der Waals surface area (Å²) in [6, 6.07) is 12.2. The van der Waals surface area contributed by atoms with Gasteiger partial charge in [-0.25, -0.2) is 0 Å². The topological polar surface area (TPSA) is 47.0 Å². The Morgan fingerprint density at radius 2 is 1.87 bits per heavy atom.